The number of hydrogen-bond acceptors (Lipinski definition) is 1. The molecule has 0 aliphatic carbocycles. The predicted octanol–water partition coefficient (Wildman–Crippen LogP) is 5.15. The summed E-state index contributed by atoms with van der Waals surface area (Å²) in [7, 11) is 1.75. The third-order valence-corrected chi connectivity index (χ3v) is 3.79. The summed E-state index contributed by atoms with van der Waals surface area (Å²) in [5.41, 5.74) is 2.64. The molecule has 18 heavy (non-hydrogen) atoms. The van der Waals surface area contributed by atoms with Crippen LogP contribution in [0.25, 0.3) is 0 Å². The van der Waals surface area contributed by atoms with Gasteiger partial charge in [0.25, 0.3) is 0 Å². The highest BCUT2D eigenvalue weighted by Gasteiger charge is 2.08. The molecule has 0 amide bonds. The Kier molecular flexibility index (Phi) is 6.85. The first-order valence-electron chi connectivity index (χ1n) is 7.34. The van der Waals surface area contributed by atoms with Gasteiger partial charge in [-0.2, -0.15) is 0 Å². The maximum atomic E-state index is 5.40. The lowest BCUT2D eigenvalue weighted by Crippen LogP contribution is -2.04. The Balaban J connectivity index is 2.58. The van der Waals surface area contributed by atoms with Gasteiger partial charge in [-0.15, -0.1) is 0 Å². The molecule has 0 bridgehead atoms. The Bertz CT molecular complexity index is 343. The average Bonchev–Trinajstić information content (AvgIpc) is 2.39. The van der Waals surface area contributed by atoms with Crippen molar-refractivity contribution in [1.29, 1.82) is 0 Å². The first kappa shape index (κ1) is 15.1. The molecule has 1 atom stereocenters. The van der Waals surface area contributed by atoms with E-state index in [1.165, 1.54) is 49.7 Å². The minimum Gasteiger partial charge on any atom is -0.496 e. The molecule has 0 saturated carbocycles. The van der Waals surface area contributed by atoms with E-state index < -0.39 is 0 Å². The highest BCUT2D eigenvalue weighted by molar-refractivity contribution is 5.36. The number of rotatable bonds is 8. The summed E-state index contributed by atoms with van der Waals surface area (Å²) in [6.45, 7) is 6.68. The van der Waals surface area contributed by atoms with Crippen molar-refractivity contribution < 1.29 is 4.74 Å². The van der Waals surface area contributed by atoms with Crippen LogP contribution in [-0.2, 0) is 6.42 Å². The van der Waals surface area contributed by atoms with E-state index in [9.17, 15) is 0 Å². The van der Waals surface area contributed by atoms with Gasteiger partial charge in [-0.05, 0) is 36.5 Å². The summed E-state index contributed by atoms with van der Waals surface area (Å²) in [5.74, 6) is 1.85. The van der Waals surface area contributed by atoms with E-state index in [4.69, 9.17) is 4.74 Å². The molecule has 0 heterocycles. The third-order valence-electron chi connectivity index (χ3n) is 3.79. The summed E-state index contributed by atoms with van der Waals surface area (Å²) >= 11 is 0. The molecule has 0 spiro atoms. The molecule has 1 rings (SSSR count). The molecule has 0 aromatic heterocycles. The van der Waals surface area contributed by atoms with Gasteiger partial charge in [0.2, 0.25) is 0 Å². The van der Waals surface area contributed by atoms with Crippen LogP contribution in [0.2, 0.25) is 0 Å². The predicted molar refractivity (Wildman–Crippen MR) is 79.4 cm³/mol. The zero-order valence-electron chi connectivity index (χ0n) is 12.5. The van der Waals surface area contributed by atoms with Crippen LogP contribution in [0.5, 0.6) is 5.75 Å². The number of methoxy groups -OCH3 is 1. The van der Waals surface area contributed by atoms with E-state index in [0.29, 0.717) is 0 Å². The fourth-order valence-electron chi connectivity index (χ4n) is 2.46. The molecule has 0 radical (unpaired) electrons. The molecular formula is C17H28O. The number of aryl methyl sites for hydroxylation is 1. The van der Waals surface area contributed by atoms with Crippen LogP contribution >= 0.6 is 0 Å². The Labute approximate surface area is 113 Å². The van der Waals surface area contributed by atoms with Crippen molar-refractivity contribution in [3.8, 4) is 5.75 Å². The summed E-state index contributed by atoms with van der Waals surface area (Å²) < 4.78 is 5.40. The molecule has 1 aromatic rings. The van der Waals surface area contributed by atoms with Gasteiger partial charge < -0.3 is 4.74 Å². The Hall–Kier alpha value is -0.980. The van der Waals surface area contributed by atoms with Gasteiger partial charge in [0.1, 0.15) is 5.75 Å². The standard InChI is InChI=1S/C17H28O/c1-5-7-8-9-15(6-2)12-16-11-10-14(3)17(13-16)18-4/h10-11,13,15H,5-9,12H2,1-4H3/t15-/m0/s1. The lowest BCUT2D eigenvalue weighted by atomic mass is 9.91. The minimum atomic E-state index is 0.823. The van der Waals surface area contributed by atoms with Gasteiger partial charge in [-0.25, -0.2) is 0 Å². The van der Waals surface area contributed by atoms with E-state index in [-0.39, 0.29) is 0 Å². The largest absolute Gasteiger partial charge is 0.496 e. The molecule has 0 aliphatic rings. The number of benzene rings is 1. The molecular weight excluding hydrogens is 220 g/mol. The summed E-state index contributed by atoms with van der Waals surface area (Å²) in [4.78, 5) is 0. The first-order valence-corrected chi connectivity index (χ1v) is 7.34. The molecule has 0 fully saturated rings. The monoisotopic (exact) mass is 248 g/mol. The van der Waals surface area contributed by atoms with Crippen LogP contribution in [-0.4, -0.2) is 7.11 Å². The maximum Gasteiger partial charge on any atom is 0.122 e. The smallest absolute Gasteiger partial charge is 0.122 e. The second kappa shape index (κ2) is 8.18. The van der Waals surface area contributed by atoms with Crippen LogP contribution in [0, 0.1) is 12.8 Å². The number of hydrogen-bond donors (Lipinski definition) is 0. The fraction of sp³-hybridized carbons (Fsp3) is 0.647. The molecule has 0 N–H and O–H groups in total. The second-order valence-electron chi connectivity index (χ2n) is 5.28. The van der Waals surface area contributed by atoms with Crippen LogP contribution in [0.15, 0.2) is 18.2 Å². The lowest BCUT2D eigenvalue weighted by molar-refractivity contribution is 0.408. The highest BCUT2D eigenvalue weighted by atomic mass is 16.5. The quantitative estimate of drug-likeness (QED) is 0.578. The zero-order chi connectivity index (χ0) is 13.4. The van der Waals surface area contributed by atoms with Crippen molar-refractivity contribution >= 4 is 0 Å². The summed E-state index contributed by atoms with van der Waals surface area (Å²) in [5, 5.41) is 0. The van der Waals surface area contributed by atoms with E-state index in [1.807, 2.05) is 0 Å². The van der Waals surface area contributed by atoms with Crippen molar-refractivity contribution in [1.82, 2.24) is 0 Å². The third kappa shape index (κ3) is 4.72. The van der Waals surface area contributed by atoms with Crippen molar-refractivity contribution in [2.45, 2.75) is 59.3 Å². The van der Waals surface area contributed by atoms with E-state index in [1.54, 1.807) is 7.11 Å². The normalized spacial score (nSPS) is 12.4. The Morgan fingerprint density at radius 1 is 1.17 bits per heavy atom. The van der Waals surface area contributed by atoms with Crippen LogP contribution in [0.1, 0.15) is 57.1 Å². The van der Waals surface area contributed by atoms with Gasteiger partial charge in [0.05, 0.1) is 7.11 Å². The molecule has 1 heteroatoms. The first-order chi connectivity index (χ1) is 8.71. The summed E-state index contributed by atoms with van der Waals surface area (Å²) in [6, 6.07) is 6.63. The average molecular weight is 248 g/mol. The maximum absolute atomic E-state index is 5.40. The molecule has 0 unspecified atom stereocenters. The van der Waals surface area contributed by atoms with Gasteiger partial charge in [0.15, 0.2) is 0 Å². The fourth-order valence-corrected chi connectivity index (χ4v) is 2.46. The number of ether oxygens (including phenoxy) is 1. The van der Waals surface area contributed by atoms with Gasteiger partial charge in [-0.1, -0.05) is 58.1 Å². The molecule has 0 saturated heterocycles. The van der Waals surface area contributed by atoms with Crippen molar-refractivity contribution in [3.05, 3.63) is 29.3 Å². The topological polar surface area (TPSA) is 9.23 Å². The molecule has 1 nitrogen and oxygen atoms in total. The van der Waals surface area contributed by atoms with Crippen LogP contribution in [0.3, 0.4) is 0 Å². The van der Waals surface area contributed by atoms with Crippen LogP contribution in [0.4, 0.5) is 0 Å². The van der Waals surface area contributed by atoms with E-state index >= 15 is 0 Å². The zero-order valence-corrected chi connectivity index (χ0v) is 12.5. The summed E-state index contributed by atoms with van der Waals surface area (Å²) in [6.07, 6.45) is 7.89. The lowest BCUT2D eigenvalue weighted by Gasteiger charge is -2.15. The Morgan fingerprint density at radius 3 is 2.56 bits per heavy atom. The molecule has 102 valence electrons. The van der Waals surface area contributed by atoms with E-state index in [0.717, 1.165) is 11.7 Å². The van der Waals surface area contributed by atoms with Crippen molar-refractivity contribution in [2.24, 2.45) is 5.92 Å². The SMILES string of the molecule is CCCCC[C@H](CC)Cc1ccc(C)c(OC)c1. The molecule has 1 aromatic carbocycles. The van der Waals surface area contributed by atoms with Crippen LogP contribution < -0.4 is 4.74 Å². The molecule has 0 aliphatic heterocycles. The highest BCUT2D eigenvalue weighted by Crippen LogP contribution is 2.24. The van der Waals surface area contributed by atoms with E-state index in [2.05, 4.69) is 39.0 Å². The second-order valence-corrected chi connectivity index (χ2v) is 5.28. The minimum absolute atomic E-state index is 0.823. The van der Waals surface area contributed by atoms with Crippen molar-refractivity contribution in [3.63, 3.8) is 0 Å². The van der Waals surface area contributed by atoms with Gasteiger partial charge >= 0.3 is 0 Å². The van der Waals surface area contributed by atoms with Gasteiger partial charge in [0, 0.05) is 0 Å². The Morgan fingerprint density at radius 2 is 1.94 bits per heavy atom. The number of unbranched alkanes of at least 4 members (excludes halogenated alkanes) is 2. The van der Waals surface area contributed by atoms with Crippen molar-refractivity contribution in [2.75, 3.05) is 7.11 Å². The van der Waals surface area contributed by atoms with Gasteiger partial charge in [-0.3, -0.25) is 0 Å².